The predicted octanol–water partition coefficient (Wildman–Crippen LogP) is 4.70. The van der Waals surface area contributed by atoms with Gasteiger partial charge in [-0.15, -0.1) is 0 Å². The van der Waals surface area contributed by atoms with Crippen molar-refractivity contribution in [1.29, 1.82) is 0 Å². The molecule has 4 nitrogen and oxygen atoms in total. The molecule has 0 atom stereocenters. The first-order chi connectivity index (χ1) is 11.7. The van der Waals surface area contributed by atoms with Crippen molar-refractivity contribution in [3.8, 4) is 11.1 Å². The third-order valence-corrected chi connectivity index (χ3v) is 4.31. The van der Waals surface area contributed by atoms with Gasteiger partial charge >= 0.3 is 6.09 Å². The van der Waals surface area contributed by atoms with Crippen molar-refractivity contribution in [3.63, 3.8) is 0 Å². The molecule has 0 radical (unpaired) electrons. The summed E-state index contributed by atoms with van der Waals surface area (Å²) in [4.78, 5) is 18.5. The molecule has 0 N–H and O–H groups in total. The molecule has 0 aliphatic carbocycles. The average Bonchev–Trinajstić information content (AvgIpc) is 2.43. The van der Waals surface area contributed by atoms with Crippen molar-refractivity contribution in [2.24, 2.45) is 0 Å². The Bertz CT molecular complexity index is 769. The molecule has 132 valence electrons. The van der Waals surface area contributed by atoms with Crippen molar-refractivity contribution < 1.29 is 9.53 Å². The second-order valence-corrected chi connectivity index (χ2v) is 7.87. The maximum Gasteiger partial charge on any atom is 0.410 e. The van der Waals surface area contributed by atoms with E-state index in [1.807, 2.05) is 27.7 Å². The van der Waals surface area contributed by atoms with Crippen molar-refractivity contribution in [2.75, 3.05) is 13.1 Å². The van der Waals surface area contributed by atoms with Crippen molar-refractivity contribution >= 4 is 6.09 Å². The van der Waals surface area contributed by atoms with Gasteiger partial charge in [0.15, 0.2) is 0 Å². The van der Waals surface area contributed by atoms with Crippen LogP contribution >= 0.6 is 0 Å². The number of hydrogen-bond acceptors (Lipinski definition) is 3. The quantitative estimate of drug-likeness (QED) is 0.797. The van der Waals surface area contributed by atoms with E-state index in [-0.39, 0.29) is 12.0 Å². The van der Waals surface area contributed by atoms with E-state index >= 15 is 0 Å². The number of carbonyl (C=O) groups excluding carboxylic acids is 1. The minimum absolute atomic E-state index is 0.241. The maximum absolute atomic E-state index is 12.1. The zero-order valence-corrected chi connectivity index (χ0v) is 15.7. The highest BCUT2D eigenvalue weighted by molar-refractivity contribution is 5.70. The second kappa shape index (κ2) is 6.51. The van der Waals surface area contributed by atoms with Gasteiger partial charge in [-0.3, -0.25) is 4.98 Å². The van der Waals surface area contributed by atoms with Crippen LogP contribution < -0.4 is 0 Å². The molecule has 1 aromatic carbocycles. The Labute approximate surface area is 149 Å². The van der Waals surface area contributed by atoms with Crippen LogP contribution in [0, 0.1) is 13.8 Å². The number of carbonyl (C=O) groups is 1. The zero-order valence-electron chi connectivity index (χ0n) is 15.7. The Morgan fingerprint density at radius 1 is 1.08 bits per heavy atom. The summed E-state index contributed by atoms with van der Waals surface area (Å²) in [7, 11) is 0. The normalized spacial score (nSPS) is 15.0. The Morgan fingerprint density at radius 2 is 1.72 bits per heavy atom. The van der Waals surface area contributed by atoms with Crippen LogP contribution in [0.1, 0.15) is 43.6 Å². The highest BCUT2D eigenvalue weighted by atomic mass is 16.6. The predicted molar refractivity (Wildman–Crippen MR) is 99.7 cm³/mol. The van der Waals surface area contributed by atoms with E-state index in [4.69, 9.17) is 4.74 Å². The Kier molecular flexibility index (Phi) is 4.55. The molecule has 0 unspecified atom stereocenters. The van der Waals surface area contributed by atoms with Gasteiger partial charge in [0.1, 0.15) is 5.60 Å². The summed E-state index contributed by atoms with van der Waals surface area (Å²) in [6.45, 7) is 11.1. The Morgan fingerprint density at radius 3 is 2.32 bits per heavy atom. The first-order valence-corrected chi connectivity index (χ1v) is 8.75. The number of nitrogens with zero attached hydrogens (tertiary/aromatic N) is 2. The summed E-state index contributed by atoms with van der Waals surface area (Å²) >= 11 is 0. The lowest BCUT2D eigenvalue weighted by Crippen LogP contribution is -2.50. The molecule has 2 aromatic rings. The molecule has 0 bridgehead atoms. The van der Waals surface area contributed by atoms with Crippen LogP contribution in [0.5, 0.6) is 0 Å². The fourth-order valence-corrected chi connectivity index (χ4v) is 2.96. The topological polar surface area (TPSA) is 42.4 Å². The van der Waals surface area contributed by atoms with Crippen molar-refractivity contribution in [2.45, 2.75) is 46.1 Å². The third kappa shape index (κ3) is 4.19. The van der Waals surface area contributed by atoms with E-state index in [0.29, 0.717) is 13.1 Å². The third-order valence-electron chi connectivity index (χ3n) is 4.31. The fourth-order valence-electron chi connectivity index (χ4n) is 2.96. The monoisotopic (exact) mass is 338 g/mol. The summed E-state index contributed by atoms with van der Waals surface area (Å²) in [6.07, 6.45) is -0.241. The van der Waals surface area contributed by atoms with Crippen LogP contribution in [-0.4, -0.2) is 34.7 Å². The van der Waals surface area contributed by atoms with E-state index in [1.165, 1.54) is 16.7 Å². The molecule has 25 heavy (non-hydrogen) atoms. The Hall–Kier alpha value is -2.36. The molecular weight excluding hydrogens is 312 g/mol. The SMILES string of the molecule is Cc1ccc(-c2cc(C)nc(C3CN(C(=O)OC(C)(C)C)C3)c2)cc1. The molecular formula is C21H26N2O2. The zero-order chi connectivity index (χ0) is 18.2. The fraction of sp³-hybridized carbons (Fsp3) is 0.429. The average molecular weight is 338 g/mol. The van der Waals surface area contributed by atoms with Crippen molar-refractivity contribution in [3.05, 3.63) is 53.3 Å². The van der Waals surface area contributed by atoms with E-state index in [0.717, 1.165) is 11.4 Å². The Balaban J connectivity index is 1.72. The molecule has 1 saturated heterocycles. The number of likely N-dealkylation sites (tertiary alicyclic amines) is 1. The lowest BCUT2D eigenvalue weighted by molar-refractivity contribution is 0.00788. The van der Waals surface area contributed by atoms with Crippen molar-refractivity contribution in [1.82, 2.24) is 9.88 Å². The molecule has 3 rings (SSSR count). The molecule has 1 aromatic heterocycles. The van der Waals surface area contributed by atoms with Crippen LogP contribution in [0.2, 0.25) is 0 Å². The number of rotatable bonds is 2. The summed E-state index contributed by atoms with van der Waals surface area (Å²) in [6, 6.07) is 12.8. The van der Waals surface area contributed by atoms with Gasteiger partial charge in [-0.1, -0.05) is 29.8 Å². The summed E-state index contributed by atoms with van der Waals surface area (Å²) in [5.74, 6) is 0.275. The second-order valence-electron chi connectivity index (χ2n) is 7.87. The number of hydrogen-bond donors (Lipinski definition) is 0. The van der Waals surface area contributed by atoms with Crippen LogP contribution in [0.15, 0.2) is 36.4 Å². The molecule has 1 aliphatic heterocycles. The molecule has 2 heterocycles. The van der Waals surface area contributed by atoms with E-state index in [2.05, 4.69) is 48.3 Å². The van der Waals surface area contributed by atoms with Gasteiger partial charge in [-0.05, 0) is 57.9 Å². The standard InChI is InChI=1S/C21H26N2O2/c1-14-6-8-16(9-7-14)17-10-15(2)22-19(11-17)18-12-23(13-18)20(24)25-21(3,4)5/h6-11,18H,12-13H2,1-5H3. The maximum atomic E-state index is 12.1. The summed E-state index contributed by atoms with van der Waals surface area (Å²) in [5, 5.41) is 0. The number of ether oxygens (including phenoxy) is 1. The van der Waals surface area contributed by atoms with Gasteiger partial charge in [0.05, 0.1) is 0 Å². The minimum Gasteiger partial charge on any atom is -0.444 e. The largest absolute Gasteiger partial charge is 0.444 e. The van der Waals surface area contributed by atoms with E-state index < -0.39 is 5.60 Å². The first kappa shape index (κ1) is 17.5. The number of aromatic nitrogens is 1. The minimum atomic E-state index is -0.456. The van der Waals surface area contributed by atoms with Crippen LogP contribution in [0.4, 0.5) is 4.79 Å². The van der Waals surface area contributed by atoms with Crippen LogP contribution in [-0.2, 0) is 4.74 Å². The van der Waals surface area contributed by atoms with E-state index in [1.54, 1.807) is 4.90 Å². The van der Waals surface area contributed by atoms with Gasteiger partial charge < -0.3 is 9.64 Å². The molecule has 1 fully saturated rings. The molecule has 0 saturated carbocycles. The summed E-state index contributed by atoms with van der Waals surface area (Å²) < 4.78 is 5.42. The van der Waals surface area contributed by atoms with Gasteiger partial charge in [-0.2, -0.15) is 0 Å². The highest BCUT2D eigenvalue weighted by Gasteiger charge is 2.35. The lowest BCUT2D eigenvalue weighted by atomic mass is 9.93. The first-order valence-electron chi connectivity index (χ1n) is 8.75. The lowest BCUT2D eigenvalue weighted by Gasteiger charge is -2.39. The number of amides is 1. The van der Waals surface area contributed by atoms with Crippen LogP contribution in [0.25, 0.3) is 11.1 Å². The smallest absolute Gasteiger partial charge is 0.410 e. The molecule has 4 heteroatoms. The molecule has 0 spiro atoms. The van der Waals surface area contributed by atoms with Gasteiger partial charge in [-0.25, -0.2) is 4.79 Å². The molecule has 1 aliphatic rings. The van der Waals surface area contributed by atoms with E-state index in [9.17, 15) is 4.79 Å². The number of benzene rings is 1. The molecule has 1 amide bonds. The highest BCUT2D eigenvalue weighted by Crippen LogP contribution is 2.30. The summed E-state index contributed by atoms with van der Waals surface area (Å²) in [5.41, 5.74) is 5.22. The number of pyridine rings is 1. The number of aryl methyl sites for hydroxylation is 2. The van der Waals surface area contributed by atoms with Gasteiger partial charge in [0.25, 0.3) is 0 Å². The van der Waals surface area contributed by atoms with Gasteiger partial charge in [0, 0.05) is 30.4 Å². The van der Waals surface area contributed by atoms with Crippen LogP contribution in [0.3, 0.4) is 0 Å². The van der Waals surface area contributed by atoms with Gasteiger partial charge in [0.2, 0.25) is 0 Å².